The fourth-order valence-corrected chi connectivity index (χ4v) is 1.87. The molecule has 2 aromatic rings. The van der Waals surface area contributed by atoms with Crippen LogP contribution in [-0.4, -0.2) is 17.6 Å². The predicted molar refractivity (Wildman–Crippen MR) is 77.1 cm³/mol. The Morgan fingerprint density at radius 1 is 1.25 bits per heavy atom. The van der Waals surface area contributed by atoms with E-state index in [0.29, 0.717) is 17.0 Å². The summed E-state index contributed by atoms with van der Waals surface area (Å²) in [6.45, 7) is 1.69. The number of anilines is 1. The van der Waals surface area contributed by atoms with Crippen LogP contribution in [0.4, 0.5) is 5.69 Å². The molecule has 0 saturated heterocycles. The number of ether oxygens (including phenoxy) is 1. The Morgan fingerprint density at radius 2 is 2.00 bits per heavy atom. The van der Waals surface area contributed by atoms with Crippen molar-refractivity contribution in [2.45, 2.75) is 13.5 Å². The van der Waals surface area contributed by atoms with Crippen LogP contribution in [0.25, 0.3) is 0 Å². The van der Waals surface area contributed by atoms with E-state index in [-0.39, 0.29) is 18.0 Å². The second-order valence-electron chi connectivity index (χ2n) is 4.37. The van der Waals surface area contributed by atoms with E-state index in [4.69, 9.17) is 4.74 Å². The maximum atomic E-state index is 12.0. The topological polar surface area (TPSA) is 60.3 Å². The van der Waals surface area contributed by atoms with Crippen LogP contribution in [-0.2, 0) is 11.3 Å². The van der Waals surface area contributed by atoms with Crippen LogP contribution in [0.15, 0.2) is 47.4 Å². The number of hydrogen-bond acceptors (Lipinski definition) is 3. The maximum absolute atomic E-state index is 12.0. The molecule has 1 aromatic carbocycles. The van der Waals surface area contributed by atoms with Crippen molar-refractivity contribution in [3.05, 3.63) is 58.5 Å². The number of nitrogens with zero attached hydrogens (tertiary/aromatic N) is 1. The lowest BCUT2D eigenvalue weighted by atomic mass is 10.3. The number of nitrogens with one attached hydrogen (secondary N) is 1. The van der Waals surface area contributed by atoms with Crippen LogP contribution in [0.5, 0.6) is 5.75 Å². The predicted octanol–water partition coefficient (Wildman–Crippen LogP) is 1.80. The lowest BCUT2D eigenvalue weighted by Gasteiger charge is -2.11. The largest absolute Gasteiger partial charge is 0.495 e. The molecule has 5 nitrogen and oxygen atoms in total. The van der Waals surface area contributed by atoms with E-state index in [9.17, 15) is 9.59 Å². The molecule has 0 radical (unpaired) electrons. The Kier molecular flexibility index (Phi) is 4.20. The van der Waals surface area contributed by atoms with E-state index >= 15 is 0 Å². The summed E-state index contributed by atoms with van der Waals surface area (Å²) in [5.74, 6) is 0.305. The number of amides is 1. The summed E-state index contributed by atoms with van der Waals surface area (Å²) in [7, 11) is 1.54. The molecule has 0 saturated carbocycles. The van der Waals surface area contributed by atoms with Crippen molar-refractivity contribution in [2.24, 2.45) is 0 Å². The zero-order valence-corrected chi connectivity index (χ0v) is 11.4. The van der Waals surface area contributed by atoms with E-state index in [2.05, 4.69) is 5.32 Å². The lowest BCUT2D eigenvalue weighted by Crippen LogP contribution is -2.28. The normalized spacial score (nSPS) is 10.1. The number of benzene rings is 1. The van der Waals surface area contributed by atoms with Gasteiger partial charge in [-0.05, 0) is 25.1 Å². The number of rotatable bonds is 4. The molecular formula is C15H16N2O3. The van der Waals surface area contributed by atoms with E-state index in [1.54, 1.807) is 43.5 Å². The molecule has 0 fully saturated rings. The minimum atomic E-state index is -0.276. The van der Waals surface area contributed by atoms with Gasteiger partial charge in [-0.25, -0.2) is 0 Å². The highest BCUT2D eigenvalue weighted by Crippen LogP contribution is 2.22. The highest BCUT2D eigenvalue weighted by molar-refractivity contribution is 5.92. The second kappa shape index (κ2) is 6.06. The molecule has 20 heavy (non-hydrogen) atoms. The molecule has 104 valence electrons. The number of methoxy groups -OCH3 is 1. The van der Waals surface area contributed by atoms with Gasteiger partial charge in [-0.2, -0.15) is 0 Å². The van der Waals surface area contributed by atoms with Crippen molar-refractivity contribution in [1.82, 2.24) is 4.57 Å². The number of aryl methyl sites for hydroxylation is 1. The van der Waals surface area contributed by atoms with Crippen molar-refractivity contribution >= 4 is 11.6 Å². The first-order chi connectivity index (χ1) is 9.61. The summed E-state index contributed by atoms with van der Waals surface area (Å²) in [4.78, 5) is 23.8. The van der Waals surface area contributed by atoms with E-state index in [1.165, 1.54) is 11.7 Å². The summed E-state index contributed by atoms with van der Waals surface area (Å²) >= 11 is 0. The molecule has 1 N–H and O–H groups in total. The fourth-order valence-electron chi connectivity index (χ4n) is 1.87. The lowest BCUT2D eigenvalue weighted by molar-refractivity contribution is -0.116. The highest BCUT2D eigenvalue weighted by atomic mass is 16.5. The third-order valence-corrected chi connectivity index (χ3v) is 2.91. The summed E-state index contributed by atoms with van der Waals surface area (Å²) < 4.78 is 6.53. The van der Waals surface area contributed by atoms with E-state index < -0.39 is 0 Å². The molecule has 0 atom stereocenters. The number of carbonyl (C=O) groups excluding carboxylic acids is 1. The van der Waals surface area contributed by atoms with Crippen molar-refractivity contribution in [3.63, 3.8) is 0 Å². The molecular weight excluding hydrogens is 256 g/mol. The van der Waals surface area contributed by atoms with Crippen molar-refractivity contribution in [2.75, 3.05) is 12.4 Å². The first kappa shape index (κ1) is 13.9. The first-order valence-electron chi connectivity index (χ1n) is 6.20. The van der Waals surface area contributed by atoms with Gasteiger partial charge in [0.2, 0.25) is 5.91 Å². The third-order valence-electron chi connectivity index (χ3n) is 2.91. The fraction of sp³-hybridized carbons (Fsp3) is 0.200. The monoisotopic (exact) mass is 272 g/mol. The highest BCUT2D eigenvalue weighted by Gasteiger charge is 2.08. The minimum absolute atomic E-state index is 0.0292. The molecule has 5 heteroatoms. The number of carbonyl (C=O) groups is 1. The zero-order chi connectivity index (χ0) is 14.5. The van der Waals surface area contributed by atoms with Crippen LogP contribution >= 0.6 is 0 Å². The Balaban J connectivity index is 2.13. The van der Waals surface area contributed by atoms with Crippen molar-refractivity contribution in [3.8, 4) is 5.75 Å². The molecule has 1 amide bonds. The number of pyridine rings is 1. The van der Waals surface area contributed by atoms with Crippen molar-refractivity contribution in [1.29, 1.82) is 0 Å². The van der Waals surface area contributed by atoms with Crippen LogP contribution < -0.4 is 15.6 Å². The summed E-state index contributed by atoms with van der Waals surface area (Å²) in [6, 6.07) is 10.6. The van der Waals surface area contributed by atoms with Crippen LogP contribution in [0.2, 0.25) is 0 Å². The standard InChI is InChI=1S/C15H16N2O3/c1-11-6-5-9-17(15(11)19)10-14(18)16-12-7-3-4-8-13(12)20-2/h3-9H,10H2,1-2H3,(H,16,18). The molecule has 0 aliphatic heterocycles. The molecule has 0 spiro atoms. The SMILES string of the molecule is COc1ccccc1NC(=O)Cn1cccc(C)c1=O. The molecule has 2 rings (SSSR count). The Bertz CT molecular complexity index is 677. The molecule has 0 bridgehead atoms. The van der Waals surface area contributed by atoms with Gasteiger partial charge in [0.1, 0.15) is 12.3 Å². The van der Waals surface area contributed by atoms with Crippen LogP contribution in [0.1, 0.15) is 5.56 Å². The zero-order valence-electron chi connectivity index (χ0n) is 11.4. The third kappa shape index (κ3) is 3.06. The van der Waals surface area contributed by atoms with Crippen molar-refractivity contribution < 1.29 is 9.53 Å². The van der Waals surface area contributed by atoms with Gasteiger partial charge in [0.15, 0.2) is 0 Å². The molecule has 1 aromatic heterocycles. The maximum Gasteiger partial charge on any atom is 0.253 e. The summed E-state index contributed by atoms with van der Waals surface area (Å²) in [6.07, 6.45) is 1.59. The number of hydrogen-bond donors (Lipinski definition) is 1. The average Bonchev–Trinajstić information content (AvgIpc) is 2.44. The Hall–Kier alpha value is -2.56. The smallest absolute Gasteiger partial charge is 0.253 e. The van der Waals surface area contributed by atoms with Gasteiger partial charge in [-0.15, -0.1) is 0 Å². The molecule has 1 heterocycles. The van der Waals surface area contributed by atoms with Gasteiger partial charge in [0.25, 0.3) is 5.56 Å². The van der Waals surface area contributed by atoms with Gasteiger partial charge in [-0.1, -0.05) is 18.2 Å². The van der Waals surface area contributed by atoms with Gasteiger partial charge in [0.05, 0.1) is 12.8 Å². The van der Waals surface area contributed by atoms with Crippen LogP contribution in [0.3, 0.4) is 0 Å². The average molecular weight is 272 g/mol. The number of para-hydroxylation sites is 2. The van der Waals surface area contributed by atoms with Crippen LogP contribution in [0, 0.1) is 6.92 Å². The molecule has 0 aliphatic rings. The second-order valence-corrected chi connectivity index (χ2v) is 4.37. The van der Waals surface area contributed by atoms with Gasteiger partial charge in [0, 0.05) is 11.8 Å². The summed E-state index contributed by atoms with van der Waals surface area (Å²) in [5, 5.41) is 2.73. The number of aromatic nitrogens is 1. The Morgan fingerprint density at radius 3 is 2.75 bits per heavy atom. The van der Waals surface area contributed by atoms with Gasteiger partial charge in [-0.3, -0.25) is 9.59 Å². The summed E-state index contributed by atoms with van der Waals surface area (Å²) in [5.41, 5.74) is 1.03. The molecule has 0 aliphatic carbocycles. The quantitative estimate of drug-likeness (QED) is 0.923. The van der Waals surface area contributed by atoms with Gasteiger partial charge >= 0.3 is 0 Å². The van der Waals surface area contributed by atoms with E-state index in [1.807, 2.05) is 6.07 Å². The van der Waals surface area contributed by atoms with E-state index in [0.717, 1.165) is 0 Å². The Labute approximate surface area is 116 Å². The molecule has 0 unspecified atom stereocenters. The first-order valence-corrected chi connectivity index (χ1v) is 6.20. The van der Waals surface area contributed by atoms with Gasteiger partial charge < -0.3 is 14.6 Å². The minimum Gasteiger partial charge on any atom is -0.495 e.